The standard InChI is InChI=1S/C10H13F.C8H12S/c1-10(2,3)8-4-6-9(11)7-5-8;1-8(2,3)7-5-4-6-9-7/h4-7H,1-3H3;4-6H,1-3H3. The van der Waals surface area contributed by atoms with Gasteiger partial charge in [0.15, 0.2) is 0 Å². The number of hydrogen-bond donors (Lipinski definition) is 0. The number of halogens is 1. The van der Waals surface area contributed by atoms with E-state index in [0.717, 1.165) is 0 Å². The van der Waals surface area contributed by atoms with Gasteiger partial charge < -0.3 is 0 Å². The van der Waals surface area contributed by atoms with Crippen LogP contribution in [0.25, 0.3) is 0 Å². The van der Waals surface area contributed by atoms with Crippen molar-refractivity contribution in [1.29, 1.82) is 0 Å². The Kier molecular flexibility index (Phi) is 5.52. The summed E-state index contributed by atoms with van der Waals surface area (Å²) >= 11 is 1.83. The number of rotatable bonds is 0. The second kappa shape index (κ2) is 6.53. The lowest BCUT2D eigenvalue weighted by molar-refractivity contribution is 0.583. The van der Waals surface area contributed by atoms with Crippen LogP contribution in [0.1, 0.15) is 52.0 Å². The fourth-order valence-corrected chi connectivity index (χ4v) is 2.47. The van der Waals surface area contributed by atoms with Crippen molar-refractivity contribution >= 4 is 11.3 Å². The molecule has 2 heteroatoms. The largest absolute Gasteiger partial charge is 0.207 e. The summed E-state index contributed by atoms with van der Waals surface area (Å²) in [4.78, 5) is 1.46. The average Bonchev–Trinajstić information content (AvgIpc) is 2.82. The lowest BCUT2D eigenvalue weighted by Crippen LogP contribution is -2.10. The molecule has 0 aliphatic rings. The number of benzene rings is 1. The fourth-order valence-electron chi connectivity index (χ4n) is 1.66. The van der Waals surface area contributed by atoms with Gasteiger partial charge in [0, 0.05) is 4.88 Å². The fraction of sp³-hybridized carbons (Fsp3) is 0.444. The van der Waals surface area contributed by atoms with Gasteiger partial charge in [0.1, 0.15) is 5.82 Å². The summed E-state index contributed by atoms with van der Waals surface area (Å²) < 4.78 is 12.5. The Morgan fingerprint density at radius 2 is 1.35 bits per heavy atom. The van der Waals surface area contributed by atoms with E-state index in [0.29, 0.717) is 5.41 Å². The molecule has 0 spiro atoms. The summed E-state index contributed by atoms with van der Waals surface area (Å²) in [5.74, 6) is -0.169. The number of hydrogen-bond acceptors (Lipinski definition) is 1. The van der Waals surface area contributed by atoms with Gasteiger partial charge in [-0.05, 0) is 40.0 Å². The Labute approximate surface area is 126 Å². The van der Waals surface area contributed by atoms with Crippen molar-refractivity contribution in [1.82, 2.24) is 0 Å². The third-order valence-corrected chi connectivity index (χ3v) is 4.27. The molecule has 0 radical (unpaired) electrons. The monoisotopic (exact) mass is 292 g/mol. The third-order valence-electron chi connectivity index (χ3n) is 2.97. The molecule has 0 amide bonds. The van der Waals surface area contributed by atoms with Gasteiger partial charge in [-0.3, -0.25) is 0 Å². The zero-order valence-corrected chi connectivity index (χ0v) is 14.1. The van der Waals surface area contributed by atoms with Gasteiger partial charge in [0.25, 0.3) is 0 Å². The van der Waals surface area contributed by atoms with Crippen molar-refractivity contribution in [3.63, 3.8) is 0 Å². The van der Waals surface area contributed by atoms with E-state index < -0.39 is 0 Å². The maximum absolute atomic E-state index is 12.5. The maximum atomic E-state index is 12.5. The third kappa shape index (κ3) is 5.46. The molecular weight excluding hydrogens is 267 g/mol. The van der Waals surface area contributed by atoms with E-state index in [4.69, 9.17) is 0 Å². The zero-order valence-electron chi connectivity index (χ0n) is 13.3. The Morgan fingerprint density at radius 1 is 0.800 bits per heavy atom. The first-order valence-corrected chi connectivity index (χ1v) is 7.79. The highest BCUT2D eigenvalue weighted by Crippen LogP contribution is 2.25. The first kappa shape index (κ1) is 16.9. The normalized spacial score (nSPS) is 11.8. The molecule has 0 saturated heterocycles. The van der Waals surface area contributed by atoms with Crippen molar-refractivity contribution in [3.05, 3.63) is 58.0 Å². The highest BCUT2D eigenvalue weighted by Gasteiger charge is 2.13. The predicted octanol–water partition coefficient (Wildman–Crippen LogP) is 6.17. The van der Waals surface area contributed by atoms with Gasteiger partial charge in [-0.2, -0.15) is 0 Å². The highest BCUT2D eigenvalue weighted by atomic mass is 32.1. The minimum atomic E-state index is -0.169. The smallest absolute Gasteiger partial charge is 0.123 e. The lowest BCUT2D eigenvalue weighted by Gasteiger charge is -2.18. The van der Waals surface area contributed by atoms with E-state index in [9.17, 15) is 4.39 Å². The molecule has 1 aromatic carbocycles. The quantitative estimate of drug-likeness (QED) is 0.545. The molecule has 20 heavy (non-hydrogen) atoms. The van der Waals surface area contributed by atoms with E-state index in [1.165, 1.54) is 22.6 Å². The highest BCUT2D eigenvalue weighted by molar-refractivity contribution is 7.10. The maximum Gasteiger partial charge on any atom is 0.123 e. The topological polar surface area (TPSA) is 0 Å². The van der Waals surface area contributed by atoms with Crippen LogP contribution in [-0.2, 0) is 10.8 Å². The van der Waals surface area contributed by atoms with Crippen LogP contribution in [0.4, 0.5) is 4.39 Å². The summed E-state index contributed by atoms with van der Waals surface area (Å²) in [5.41, 5.74) is 1.63. The minimum absolute atomic E-state index is 0.119. The molecule has 0 N–H and O–H groups in total. The van der Waals surface area contributed by atoms with Gasteiger partial charge in [0.05, 0.1) is 0 Å². The van der Waals surface area contributed by atoms with Crippen LogP contribution in [0.3, 0.4) is 0 Å². The van der Waals surface area contributed by atoms with Crippen LogP contribution >= 0.6 is 11.3 Å². The lowest BCUT2D eigenvalue weighted by atomic mass is 9.87. The van der Waals surface area contributed by atoms with Crippen LogP contribution in [0.2, 0.25) is 0 Å². The van der Waals surface area contributed by atoms with E-state index in [1.807, 2.05) is 23.5 Å². The molecule has 0 unspecified atom stereocenters. The molecule has 2 rings (SSSR count). The second-order valence-electron chi connectivity index (χ2n) is 6.98. The molecule has 0 aliphatic heterocycles. The Balaban J connectivity index is 0.000000204. The van der Waals surface area contributed by atoms with Gasteiger partial charge in [0.2, 0.25) is 0 Å². The molecule has 1 heterocycles. The van der Waals surface area contributed by atoms with E-state index in [2.05, 4.69) is 59.1 Å². The van der Waals surface area contributed by atoms with Gasteiger partial charge in [-0.25, -0.2) is 4.39 Å². The molecular formula is C18H25FS. The van der Waals surface area contributed by atoms with Crippen molar-refractivity contribution in [2.45, 2.75) is 52.4 Å². The van der Waals surface area contributed by atoms with E-state index in [-0.39, 0.29) is 11.2 Å². The Morgan fingerprint density at radius 3 is 1.65 bits per heavy atom. The van der Waals surface area contributed by atoms with Crippen LogP contribution in [0.5, 0.6) is 0 Å². The predicted molar refractivity (Wildman–Crippen MR) is 88.1 cm³/mol. The summed E-state index contributed by atoms with van der Waals surface area (Å²) in [7, 11) is 0. The van der Waals surface area contributed by atoms with E-state index >= 15 is 0 Å². The van der Waals surface area contributed by atoms with Gasteiger partial charge in [-0.1, -0.05) is 59.7 Å². The average molecular weight is 292 g/mol. The van der Waals surface area contributed by atoms with Crippen LogP contribution < -0.4 is 0 Å². The van der Waals surface area contributed by atoms with Crippen molar-refractivity contribution in [2.24, 2.45) is 0 Å². The van der Waals surface area contributed by atoms with Gasteiger partial charge in [-0.15, -0.1) is 11.3 Å². The van der Waals surface area contributed by atoms with Crippen LogP contribution in [-0.4, -0.2) is 0 Å². The molecule has 0 bridgehead atoms. The first-order chi connectivity index (χ1) is 9.10. The Hall–Kier alpha value is -1.15. The molecule has 1 aromatic heterocycles. The molecule has 0 nitrogen and oxygen atoms in total. The van der Waals surface area contributed by atoms with Crippen molar-refractivity contribution in [2.75, 3.05) is 0 Å². The molecule has 2 aromatic rings. The van der Waals surface area contributed by atoms with Crippen molar-refractivity contribution in [3.8, 4) is 0 Å². The van der Waals surface area contributed by atoms with Crippen molar-refractivity contribution < 1.29 is 4.39 Å². The summed E-state index contributed by atoms with van der Waals surface area (Å²) in [6.45, 7) is 13.0. The zero-order chi connectivity index (χ0) is 15.4. The first-order valence-electron chi connectivity index (χ1n) is 6.91. The van der Waals surface area contributed by atoms with Crippen LogP contribution in [0.15, 0.2) is 41.8 Å². The summed E-state index contributed by atoms with van der Waals surface area (Å²) in [6.07, 6.45) is 0. The molecule has 0 atom stereocenters. The Bertz CT molecular complexity index is 496. The number of thiophene rings is 1. The summed E-state index contributed by atoms with van der Waals surface area (Å²) in [6, 6.07) is 10.9. The van der Waals surface area contributed by atoms with E-state index in [1.54, 1.807) is 0 Å². The summed E-state index contributed by atoms with van der Waals surface area (Å²) in [5, 5.41) is 2.13. The SMILES string of the molecule is CC(C)(C)c1ccc(F)cc1.CC(C)(C)c1cccs1. The second-order valence-corrected chi connectivity index (χ2v) is 7.93. The minimum Gasteiger partial charge on any atom is -0.207 e. The van der Waals surface area contributed by atoms with Gasteiger partial charge >= 0.3 is 0 Å². The molecule has 0 aliphatic carbocycles. The van der Waals surface area contributed by atoms with Crippen LogP contribution in [0, 0.1) is 5.82 Å². The molecule has 110 valence electrons. The molecule has 0 fully saturated rings. The molecule has 0 saturated carbocycles.